The molecule has 0 saturated heterocycles. The zero-order valence-electron chi connectivity index (χ0n) is 18.6. The molecule has 3 aromatic rings. The Morgan fingerprint density at radius 3 is 2.67 bits per heavy atom. The number of esters is 1. The first kappa shape index (κ1) is 24.9. The van der Waals surface area contributed by atoms with Crippen molar-refractivity contribution in [3.8, 4) is 11.5 Å². The maximum Gasteiger partial charge on any atom is 0.343 e. The van der Waals surface area contributed by atoms with Gasteiger partial charge in [-0.25, -0.2) is 9.78 Å². The summed E-state index contributed by atoms with van der Waals surface area (Å²) in [6, 6.07) is 8.86. The van der Waals surface area contributed by atoms with Crippen LogP contribution in [0.5, 0.6) is 11.5 Å². The number of nitrogens with zero attached hydrogens (tertiary/aromatic N) is 3. The van der Waals surface area contributed by atoms with Crippen molar-refractivity contribution in [2.24, 2.45) is 5.10 Å². The lowest BCUT2D eigenvalue weighted by Gasteiger charge is -2.14. The van der Waals surface area contributed by atoms with E-state index in [0.717, 1.165) is 10.9 Å². The van der Waals surface area contributed by atoms with Crippen LogP contribution in [0, 0.1) is 0 Å². The Morgan fingerprint density at radius 1 is 1.24 bits per heavy atom. The molecule has 0 aliphatic heterocycles. The predicted molar refractivity (Wildman–Crippen MR) is 134 cm³/mol. The molecule has 33 heavy (non-hydrogen) atoms. The average molecular weight is 581 g/mol. The van der Waals surface area contributed by atoms with Crippen LogP contribution in [-0.4, -0.2) is 42.7 Å². The number of hydrogen-bond acceptors (Lipinski definition) is 7. The molecule has 0 radical (unpaired) electrons. The SMILES string of the molecule is CC[C@H](C)c1nc2ccc(Br)cc2c(=O)n1N=Cc1cc(Br)c(OCC(=O)OC)c(OC)c1. The average Bonchev–Trinajstić information content (AvgIpc) is 2.81. The fourth-order valence-electron chi connectivity index (χ4n) is 3.05. The van der Waals surface area contributed by atoms with E-state index in [2.05, 4.69) is 41.7 Å². The predicted octanol–water partition coefficient (Wildman–Crippen LogP) is 4.88. The number of methoxy groups -OCH3 is 2. The van der Waals surface area contributed by atoms with Crippen LogP contribution < -0.4 is 15.0 Å². The van der Waals surface area contributed by atoms with E-state index >= 15 is 0 Å². The van der Waals surface area contributed by atoms with Crippen molar-refractivity contribution in [3.63, 3.8) is 0 Å². The van der Waals surface area contributed by atoms with Gasteiger partial charge in [0.05, 0.1) is 35.8 Å². The number of carbonyl (C=O) groups is 1. The molecule has 1 heterocycles. The lowest BCUT2D eigenvalue weighted by molar-refractivity contribution is -0.142. The first-order chi connectivity index (χ1) is 15.8. The van der Waals surface area contributed by atoms with Crippen LogP contribution >= 0.6 is 31.9 Å². The molecule has 1 atom stereocenters. The Morgan fingerprint density at radius 2 is 2.00 bits per heavy atom. The van der Waals surface area contributed by atoms with E-state index in [0.29, 0.717) is 38.3 Å². The summed E-state index contributed by atoms with van der Waals surface area (Å²) < 4.78 is 18.2. The Kier molecular flexibility index (Phi) is 8.25. The second-order valence-corrected chi connectivity index (χ2v) is 8.97. The van der Waals surface area contributed by atoms with Gasteiger partial charge in [0.2, 0.25) is 0 Å². The fourth-order valence-corrected chi connectivity index (χ4v) is 3.98. The molecule has 0 spiro atoms. The van der Waals surface area contributed by atoms with Crippen molar-refractivity contribution >= 4 is 54.9 Å². The van der Waals surface area contributed by atoms with E-state index in [1.165, 1.54) is 18.9 Å². The molecule has 174 valence electrons. The normalized spacial score (nSPS) is 12.2. The number of benzene rings is 2. The number of fused-ring (bicyclic) bond motifs is 1. The summed E-state index contributed by atoms with van der Waals surface area (Å²) in [6.45, 7) is 3.78. The summed E-state index contributed by atoms with van der Waals surface area (Å²) in [7, 11) is 2.78. The third-order valence-corrected chi connectivity index (χ3v) is 6.10. The van der Waals surface area contributed by atoms with Crippen LogP contribution in [-0.2, 0) is 9.53 Å². The Hall–Kier alpha value is -2.72. The van der Waals surface area contributed by atoms with E-state index < -0.39 is 5.97 Å². The fraction of sp³-hybridized carbons (Fsp3) is 0.304. The van der Waals surface area contributed by atoms with Gasteiger partial charge >= 0.3 is 5.97 Å². The number of carbonyl (C=O) groups excluding carboxylic acids is 1. The summed E-state index contributed by atoms with van der Waals surface area (Å²) in [5.41, 5.74) is 1.03. The van der Waals surface area contributed by atoms with E-state index in [9.17, 15) is 9.59 Å². The zero-order chi connectivity index (χ0) is 24.1. The minimum absolute atomic E-state index is 0.0262. The molecule has 0 aliphatic carbocycles. The zero-order valence-corrected chi connectivity index (χ0v) is 21.8. The second-order valence-electron chi connectivity index (χ2n) is 7.20. The molecular formula is C23H23Br2N3O5. The van der Waals surface area contributed by atoms with Gasteiger partial charge in [0.15, 0.2) is 18.1 Å². The molecule has 0 bridgehead atoms. The first-order valence-electron chi connectivity index (χ1n) is 10.1. The highest BCUT2D eigenvalue weighted by atomic mass is 79.9. The van der Waals surface area contributed by atoms with E-state index in [1.54, 1.807) is 24.4 Å². The molecule has 0 N–H and O–H groups in total. The van der Waals surface area contributed by atoms with Crippen LogP contribution in [0.4, 0.5) is 0 Å². The van der Waals surface area contributed by atoms with Gasteiger partial charge in [0.1, 0.15) is 5.82 Å². The van der Waals surface area contributed by atoms with Gasteiger partial charge in [0, 0.05) is 10.4 Å². The first-order valence-corrected chi connectivity index (χ1v) is 11.7. The highest BCUT2D eigenvalue weighted by molar-refractivity contribution is 9.10. The number of halogens is 2. The maximum atomic E-state index is 13.3. The van der Waals surface area contributed by atoms with Gasteiger partial charge in [-0.05, 0) is 58.2 Å². The minimum atomic E-state index is -0.512. The summed E-state index contributed by atoms with van der Waals surface area (Å²) in [5, 5.41) is 4.94. The summed E-state index contributed by atoms with van der Waals surface area (Å²) in [6.07, 6.45) is 2.35. The van der Waals surface area contributed by atoms with Crippen molar-refractivity contribution in [2.45, 2.75) is 26.2 Å². The third kappa shape index (κ3) is 5.62. The van der Waals surface area contributed by atoms with Gasteiger partial charge in [-0.1, -0.05) is 29.8 Å². The molecule has 8 nitrogen and oxygen atoms in total. The second kappa shape index (κ2) is 10.9. The minimum Gasteiger partial charge on any atom is -0.493 e. The highest BCUT2D eigenvalue weighted by Crippen LogP contribution is 2.36. The molecule has 3 rings (SSSR count). The lowest BCUT2D eigenvalue weighted by Crippen LogP contribution is -2.23. The van der Waals surface area contributed by atoms with Gasteiger partial charge in [-0.3, -0.25) is 4.79 Å². The van der Waals surface area contributed by atoms with Gasteiger partial charge in [-0.15, -0.1) is 0 Å². The number of rotatable bonds is 8. The van der Waals surface area contributed by atoms with Crippen molar-refractivity contribution in [1.82, 2.24) is 9.66 Å². The number of ether oxygens (including phenoxy) is 3. The molecule has 0 saturated carbocycles. The summed E-state index contributed by atoms with van der Waals surface area (Å²) in [4.78, 5) is 29.4. The highest BCUT2D eigenvalue weighted by Gasteiger charge is 2.17. The van der Waals surface area contributed by atoms with Crippen molar-refractivity contribution in [1.29, 1.82) is 0 Å². The third-order valence-electron chi connectivity index (χ3n) is 5.02. The maximum absolute atomic E-state index is 13.3. The van der Waals surface area contributed by atoms with Gasteiger partial charge in [0.25, 0.3) is 5.56 Å². The van der Waals surface area contributed by atoms with Gasteiger partial charge in [-0.2, -0.15) is 9.78 Å². The number of hydrogen-bond donors (Lipinski definition) is 0. The molecule has 0 aliphatic rings. The molecule has 0 unspecified atom stereocenters. The molecule has 0 amide bonds. The van der Waals surface area contributed by atoms with Crippen molar-refractivity contribution in [3.05, 3.63) is 61.0 Å². The van der Waals surface area contributed by atoms with Crippen LogP contribution in [0.15, 0.2) is 49.2 Å². The van der Waals surface area contributed by atoms with E-state index in [4.69, 9.17) is 14.5 Å². The van der Waals surface area contributed by atoms with E-state index in [1.807, 2.05) is 26.0 Å². The lowest BCUT2D eigenvalue weighted by atomic mass is 10.1. The Labute approximate surface area is 207 Å². The number of aromatic nitrogens is 2. The van der Waals surface area contributed by atoms with Crippen LogP contribution in [0.25, 0.3) is 10.9 Å². The Balaban J connectivity index is 2.06. The van der Waals surface area contributed by atoms with Crippen LogP contribution in [0.1, 0.15) is 37.6 Å². The molecular weight excluding hydrogens is 558 g/mol. The summed E-state index contributed by atoms with van der Waals surface area (Å²) in [5.74, 6) is 0.845. The quantitative estimate of drug-likeness (QED) is 0.279. The van der Waals surface area contributed by atoms with Gasteiger partial charge < -0.3 is 14.2 Å². The van der Waals surface area contributed by atoms with Crippen LogP contribution in [0.2, 0.25) is 0 Å². The summed E-state index contributed by atoms with van der Waals surface area (Å²) >= 11 is 6.85. The van der Waals surface area contributed by atoms with Crippen molar-refractivity contribution in [2.75, 3.05) is 20.8 Å². The monoisotopic (exact) mass is 579 g/mol. The molecule has 2 aromatic carbocycles. The van der Waals surface area contributed by atoms with Crippen molar-refractivity contribution < 1.29 is 19.0 Å². The molecule has 1 aromatic heterocycles. The van der Waals surface area contributed by atoms with E-state index in [-0.39, 0.29) is 18.1 Å². The smallest absolute Gasteiger partial charge is 0.343 e. The van der Waals surface area contributed by atoms with Crippen LogP contribution in [0.3, 0.4) is 0 Å². The molecule has 0 fully saturated rings. The standard InChI is InChI=1S/C23H23Br2N3O5/c1-5-13(2)22-27-18-7-6-15(24)10-16(18)23(30)28(22)26-11-14-8-17(25)21(19(9-14)31-3)33-12-20(29)32-4/h6-11,13H,5,12H2,1-4H3/t13-/m0/s1. The largest absolute Gasteiger partial charge is 0.493 e. The topological polar surface area (TPSA) is 92.0 Å². The Bertz CT molecular complexity index is 1270. The molecule has 10 heteroatoms.